The molecule has 6 nitrogen and oxygen atoms in total. The van der Waals surface area contributed by atoms with Gasteiger partial charge in [0.25, 0.3) is 5.91 Å². The minimum atomic E-state index is -0.401. The summed E-state index contributed by atoms with van der Waals surface area (Å²) in [7, 11) is 0. The van der Waals surface area contributed by atoms with Gasteiger partial charge in [-0.2, -0.15) is 5.10 Å². The second kappa shape index (κ2) is 8.35. The largest absolute Gasteiger partial charge is 0.439 e. The molecule has 2 aromatic heterocycles. The first kappa shape index (κ1) is 18.4. The maximum absolute atomic E-state index is 13.4. The molecule has 0 spiro atoms. The van der Waals surface area contributed by atoms with E-state index in [1.165, 1.54) is 12.1 Å². The fourth-order valence-corrected chi connectivity index (χ4v) is 2.73. The lowest BCUT2D eigenvalue weighted by molar-refractivity contribution is 0.0945. The summed E-state index contributed by atoms with van der Waals surface area (Å²) < 4.78 is 20.7. The summed E-state index contributed by atoms with van der Waals surface area (Å²) in [4.78, 5) is 16.7. The van der Waals surface area contributed by atoms with E-state index < -0.39 is 5.82 Å². The fourth-order valence-electron chi connectivity index (χ4n) is 2.73. The molecule has 4 rings (SSSR count). The predicted molar refractivity (Wildman–Crippen MR) is 105 cm³/mol. The number of benzene rings is 2. The third kappa shape index (κ3) is 4.47. The van der Waals surface area contributed by atoms with E-state index >= 15 is 0 Å². The highest BCUT2D eigenvalue weighted by Crippen LogP contribution is 2.23. The molecule has 4 aromatic rings. The number of aromatic nitrogens is 3. The number of rotatable bonds is 6. The van der Waals surface area contributed by atoms with Crippen LogP contribution in [0, 0.1) is 5.82 Å². The zero-order chi connectivity index (χ0) is 20.1. The molecule has 0 aliphatic heterocycles. The van der Waals surface area contributed by atoms with E-state index in [1.54, 1.807) is 47.4 Å². The number of hydrogen-bond acceptors (Lipinski definition) is 4. The van der Waals surface area contributed by atoms with Crippen molar-refractivity contribution in [2.24, 2.45) is 0 Å². The minimum absolute atomic E-state index is 0.190. The average molecular weight is 388 g/mol. The summed E-state index contributed by atoms with van der Waals surface area (Å²) in [5, 5.41) is 7.12. The summed E-state index contributed by atoms with van der Waals surface area (Å²) in [6.07, 6.45) is 3.30. The Labute approximate surface area is 166 Å². The first-order valence-corrected chi connectivity index (χ1v) is 8.96. The van der Waals surface area contributed by atoms with Crippen LogP contribution in [0.15, 0.2) is 85.2 Å². The van der Waals surface area contributed by atoms with Crippen LogP contribution in [0.5, 0.6) is 11.6 Å². The number of para-hydroxylation sites is 1. The molecule has 2 heterocycles. The van der Waals surface area contributed by atoms with E-state index in [4.69, 9.17) is 4.74 Å². The molecule has 0 fully saturated rings. The van der Waals surface area contributed by atoms with E-state index in [-0.39, 0.29) is 12.5 Å². The molecule has 0 saturated heterocycles. The first-order chi connectivity index (χ1) is 14.2. The van der Waals surface area contributed by atoms with Gasteiger partial charge >= 0.3 is 0 Å². The lowest BCUT2D eigenvalue weighted by Crippen LogP contribution is -2.23. The Morgan fingerprint density at radius 3 is 2.72 bits per heavy atom. The van der Waals surface area contributed by atoms with Gasteiger partial charge in [0, 0.05) is 30.6 Å². The standard InChI is InChI=1S/C22H17FN4O2/c23-17-7-4-10-19(14-17)29-22-16(6-5-12-24-22)15-25-21(28)20-11-13-27(26-20)18-8-2-1-3-9-18/h1-14H,15H2,(H,25,28). The van der Waals surface area contributed by atoms with Gasteiger partial charge in [-0.25, -0.2) is 14.1 Å². The van der Waals surface area contributed by atoms with E-state index in [0.29, 0.717) is 22.9 Å². The third-order valence-corrected chi connectivity index (χ3v) is 4.14. The molecule has 2 aromatic carbocycles. The summed E-state index contributed by atoms with van der Waals surface area (Å²) >= 11 is 0. The number of hydrogen-bond donors (Lipinski definition) is 1. The Morgan fingerprint density at radius 2 is 1.90 bits per heavy atom. The van der Waals surface area contributed by atoms with Gasteiger partial charge in [0.15, 0.2) is 5.69 Å². The SMILES string of the molecule is O=C(NCc1cccnc1Oc1cccc(F)c1)c1ccn(-c2ccccc2)n1. The third-order valence-electron chi connectivity index (χ3n) is 4.14. The Morgan fingerprint density at radius 1 is 1.03 bits per heavy atom. The van der Waals surface area contributed by atoms with Crippen LogP contribution in [-0.4, -0.2) is 20.7 Å². The van der Waals surface area contributed by atoms with Crippen molar-refractivity contribution in [1.82, 2.24) is 20.1 Å². The van der Waals surface area contributed by atoms with Gasteiger partial charge < -0.3 is 10.1 Å². The van der Waals surface area contributed by atoms with E-state index in [1.807, 2.05) is 30.3 Å². The Kier molecular flexibility index (Phi) is 5.29. The second-order valence-corrected chi connectivity index (χ2v) is 6.19. The highest BCUT2D eigenvalue weighted by atomic mass is 19.1. The molecule has 29 heavy (non-hydrogen) atoms. The van der Waals surface area contributed by atoms with Crippen molar-refractivity contribution in [1.29, 1.82) is 0 Å². The minimum Gasteiger partial charge on any atom is -0.439 e. The molecule has 1 amide bonds. The smallest absolute Gasteiger partial charge is 0.272 e. The monoisotopic (exact) mass is 388 g/mol. The zero-order valence-electron chi connectivity index (χ0n) is 15.3. The number of carbonyl (C=O) groups is 1. The molecule has 7 heteroatoms. The Hall–Kier alpha value is -4.00. The molecule has 0 bridgehead atoms. The normalized spacial score (nSPS) is 10.5. The molecule has 0 radical (unpaired) electrons. The quantitative estimate of drug-likeness (QED) is 0.539. The van der Waals surface area contributed by atoms with Crippen molar-refractivity contribution < 1.29 is 13.9 Å². The molecule has 1 N–H and O–H groups in total. The van der Waals surface area contributed by atoms with Crippen LogP contribution in [0.25, 0.3) is 5.69 Å². The molecule has 0 aliphatic rings. The number of halogens is 1. The summed E-state index contributed by atoms with van der Waals surface area (Å²) in [5.41, 5.74) is 1.82. The van der Waals surface area contributed by atoms with Gasteiger partial charge in [-0.15, -0.1) is 0 Å². The van der Waals surface area contributed by atoms with Crippen molar-refractivity contribution in [2.45, 2.75) is 6.54 Å². The van der Waals surface area contributed by atoms with Crippen molar-refractivity contribution in [3.63, 3.8) is 0 Å². The molecule has 144 valence electrons. The molecule has 0 saturated carbocycles. The lowest BCUT2D eigenvalue weighted by Gasteiger charge is -2.10. The average Bonchev–Trinajstić information content (AvgIpc) is 3.24. The maximum Gasteiger partial charge on any atom is 0.272 e. The fraction of sp³-hybridized carbons (Fsp3) is 0.0455. The Balaban J connectivity index is 1.44. The molecule has 0 unspecified atom stereocenters. The number of ether oxygens (including phenoxy) is 1. The maximum atomic E-state index is 13.4. The summed E-state index contributed by atoms with van der Waals surface area (Å²) in [6.45, 7) is 0.190. The molecular formula is C22H17FN4O2. The van der Waals surface area contributed by atoms with Gasteiger partial charge in [-0.05, 0) is 36.4 Å². The highest BCUT2D eigenvalue weighted by Gasteiger charge is 2.12. The second-order valence-electron chi connectivity index (χ2n) is 6.19. The highest BCUT2D eigenvalue weighted by molar-refractivity contribution is 5.92. The van der Waals surface area contributed by atoms with Gasteiger partial charge in [0.1, 0.15) is 11.6 Å². The van der Waals surface area contributed by atoms with Crippen molar-refractivity contribution in [2.75, 3.05) is 0 Å². The molecule has 0 aliphatic carbocycles. The van der Waals surface area contributed by atoms with Crippen molar-refractivity contribution in [3.05, 3.63) is 102 Å². The molecule has 0 atom stereocenters. The number of nitrogens with one attached hydrogen (secondary N) is 1. The topological polar surface area (TPSA) is 69.0 Å². The van der Waals surface area contributed by atoms with Gasteiger partial charge in [-0.1, -0.05) is 30.3 Å². The van der Waals surface area contributed by atoms with E-state index in [9.17, 15) is 9.18 Å². The number of pyridine rings is 1. The van der Waals surface area contributed by atoms with Gasteiger partial charge in [0.2, 0.25) is 5.88 Å². The van der Waals surface area contributed by atoms with Crippen molar-refractivity contribution >= 4 is 5.91 Å². The number of amides is 1. The van der Waals surface area contributed by atoms with Crippen LogP contribution in [0.2, 0.25) is 0 Å². The number of carbonyl (C=O) groups excluding carboxylic acids is 1. The van der Waals surface area contributed by atoms with Crippen LogP contribution >= 0.6 is 0 Å². The van der Waals surface area contributed by atoms with Crippen LogP contribution in [0.1, 0.15) is 16.1 Å². The van der Waals surface area contributed by atoms with Crippen LogP contribution < -0.4 is 10.1 Å². The van der Waals surface area contributed by atoms with E-state index in [0.717, 1.165) is 5.69 Å². The van der Waals surface area contributed by atoms with Crippen LogP contribution in [0.4, 0.5) is 4.39 Å². The van der Waals surface area contributed by atoms with E-state index in [2.05, 4.69) is 15.4 Å². The van der Waals surface area contributed by atoms with Crippen LogP contribution in [-0.2, 0) is 6.54 Å². The molecular weight excluding hydrogens is 371 g/mol. The van der Waals surface area contributed by atoms with Crippen LogP contribution in [0.3, 0.4) is 0 Å². The van der Waals surface area contributed by atoms with Crippen molar-refractivity contribution in [3.8, 4) is 17.3 Å². The summed E-state index contributed by atoms with van der Waals surface area (Å²) in [6, 6.07) is 20.5. The zero-order valence-corrected chi connectivity index (χ0v) is 15.3. The predicted octanol–water partition coefficient (Wildman–Crippen LogP) is 4.13. The Bertz CT molecular complexity index is 1130. The summed E-state index contributed by atoms with van der Waals surface area (Å²) in [5.74, 6) is -0.0892. The van der Waals surface area contributed by atoms with Gasteiger partial charge in [-0.3, -0.25) is 4.79 Å². The lowest BCUT2D eigenvalue weighted by atomic mass is 10.2. The number of nitrogens with zero attached hydrogens (tertiary/aromatic N) is 3. The first-order valence-electron chi connectivity index (χ1n) is 8.96. The van der Waals surface area contributed by atoms with Gasteiger partial charge in [0.05, 0.1) is 5.69 Å².